The molecule has 4 aromatic rings. The molecule has 1 amide bonds. The first-order valence-electron chi connectivity index (χ1n) is 12.9. The van der Waals surface area contributed by atoms with E-state index in [1.165, 1.54) is 27.6 Å². The summed E-state index contributed by atoms with van der Waals surface area (Å²) in [6, 6.07) is 29.5. The number of hydrogen-bond acceptors (Lipinski definition) is 3. The Morgan fingerprint density at radius 3 is 2.19 bits per heavy atom. The molecule has 6 rings (SSSR count). The van der Waals surface area contributed by atoms with Gasteiger partial charge in [0, 0.05) is 61.9 Å². The van der Waals surface area contributed by atoms with Crippen LogP contribution >= 0.6 is 0 Å². The number of para-hydroxylation sites is 1. The number of fused-ring (bicyclic) bond motifs is 1. The maximum absolute atomic E-state index is 13.6. The summed E-state index contributed by atoms with van der Waals surface area (Å²) in [7, 11) is 0. The van der Waals surface area contributed by atoms with Gasteiger partial charge in [0.2, 0.25) is 5.91 Å². The molecule has 1 unspecified atom stereocenters. The maximum Gasteiger partial charge on any atom is 0.223 e. The third kappa shape index (κ3) is 4.57. The number of carbonyl (C=O) groups is 1. The van der Waals surface area contributed by atoms with E-state index < -0.39 is 5.79 Å². The number of ether oxygens (including phenoxy) is 2. The summed E-state index contributed by atoms with van der Waals surface area (Å²) in [5.41, 5.74) is 4.83. The lowest BCUT2D eigenvalue weighted by molar-refractivity contribution is -0.187. The van der Waals surface area contributed by atoms with Gasteiger partial charge in [-0.3, -0.25) is 4.79 Å². The minimum absolute atomic E-state index is 0.0181. The van der Waals surface area contributed by atoms with Gasteiger partial charge in [-0.15, -0.1) is 0 Å². The average molecular weight is 481 g/mol. The van der Waals surface area contributed by atoms with E-state index in [9.17, 15) is 4.79 Å². The van der Waals surface area contributed by atoms with Gasteiger partial charge < -0.3 is 18.9 Å². The molecule has 0 saturated carbocycles. The summed E-state index contributed by atoms with van der Waals surface area (Å²) in [6.45, 7) is 3.45. The topological polar surface area (TPSA) is 43.7 Å². The smallest absolute Gasteiger partial charge is 0.223 e. The van der Waals surface area contributed by atoms with Gasteiger partial charge in [0.25, 0.3) is 0 Å². The molecular formula is C31H32N2O3. The summed E-state index contributed by atoms with van der Waals surface area (Å²) >= 11 is 0. The molecule has 5 heteroatoms. The summed E-state index contributed by atoms with van der Waals surface area (Å²) in [5.74, 6) is -0.299. The van der Waals surface area contributed by atoms with Crippen molar-refractivity contribution in [1.29, 1.82) is 0 Å². The molecule has 1 aromatic heterocycles. The first kappa shape index (κ1) is 23.0. The first-order valence-corrected chi connectivity index (χ1v) is 12.9. The predicted octanol–water partition coefficient (Wildman–Crippen LogP) is 5.58. The van der Waals surface area contributed by atoms with Crippen molar-refractivity contribution in [3.63, 3.8) is 0 Å². The van der Waals surface area contributed by atoms with Gasteiger partial charge in [-0.1, -0.05) is 78.9 Å². The van der Waals surface area contributed by atoms with Crippen molar-refractivity contribution in [2.45, 2.75) is 37.5 Å². The summed E-state index contributed by atoms with van der Waals surface area (Å²) < 4.78 is 14.1. The van der Waals surface area contributed by atoms with E-state index in [4.69, 9.17) is 9.47 Å². The van der Waals surface area contributed by atoms with Crippen LogP contribution in [0.25, 0.3) is 10.9 Å². The van der Waals surface area contributed by atoms with Crippen LogP contribution in [0.1, 0.15) is 41.9 Å². The molecule has 1 atom stereocenters. The van der Waals surface area contributed by atoms with E-state index in [1.807, 2.05) is 17.0 Å². The fourth-order valence-corrected chi connectivity index (χ4v) is 5.74. The lowest BCUT2D eigenvalue weighted by atomic mass is 9.87. The zero-order valence-corrected chi connectivity index (χ0v) is 20.5. The van der Waals surface area contributed by atoms with Gasteiger partial charge in [-0.25, -0.2) is 0 Å². The summed E-state index contributed by atoms with van der Waals surface area (Å²) in [4.78, 5) is 15.6. The molecule has 2 aliphatic heterocycles. The molecule has 2 saturated heterocycles. The van der Waals surface area contributed by atoms with Crippen LogP contribution in [0.2, 0.25) is 0 Å². The van der Waals surface area contributed by atoms with Crippen LogP contribution in [0.5, 0.6) is 0 Å². The molecule has 0 N–H and O–H groups in total. The number of hydrogen-bond donors (Lipinski definition) is 0. The van der Waals surface area contributed by atoms with Gasteiger partial charge >= 0.3 is 0 Å². The largest absolute Gasteiger partial charge is 0.347 e. The van der Waals surface area contributed by atoms with Crippen molar-refractivity contribution in [3.8, 4) is 0 Å². The second-order valence-corrected chi connectivity index (χ2v) is 9.87. The fraction of sp³-hybridized carbons (Fsp3) is 0.323. The highest BCUT2D eigenvalue weighted by molar-refractivity contribution is 5.87. The lowest BCUT2D eigenvalue weighted by Crippen LogP contribution is -2.47. The molecule has 184 valence electrons. The van der Waals surface area contributed by atoms with Crippen molar-refractivity contribution in [2.24, 2.45) is 0 Å². The highest BCUT2D eigenvalue weighted by Gasteiger charge is 2.41. The molecule has 3 heterocycles. The number of benzene rings is 3. The Balaban J connectivity index is 1.31. The fourth-order valence-electron chi connectivity index (χ4n) is 5.74. The monoisotopic (exact) mass is 480 g/mol. The highest BCUT2D eigenvalue weighted by Crippen LogP contribution is 2.37. The van der Waals surface area contributed by atoms with E-state index in [-0.39, 0.29) is 11.8 Å². The number of rotatable bonds is 6. The molecule has 0 radical (unpaired) electrons. The van der Waals surface area contributed by atoms with Crippen LogP contribution in [-0.2, 0) is 20.8 Å². The van der Waals surface area contributed by atoms with Crippen LogP contribution in [-0.4, -0.2) is 47.5 Å². The molecular weight excluding hydrogens is 448 g/mol. The number of aromatic nitrogens is 1. The van der Waals surface area contributed by atoms with Crippen molar-refractivity contribution in [3.05, 3.63) is 108 Å². The molecule has 0 aliphatic carbocycles. The van der Waals surface area contributed by atoms with Gasteiger partial charge in [0.15, 0.2) is 5.79 Å². The van der Waals surface area contributed by atoms with Crippen molar-refractivity contribution >= 4 is 16.8 Å². The zero-order valence-electron chi connectivity index (χ0n) is 20.5. The lowest BCUT2D eigenvalue weighted by Gasteiger charge is -2.38. The summed E-state index contributed by atoms with van der Waals surface area (Å²) in [5, 5.41) is 1.21. The normalized spacial score (nSPS) is 18.1. The highest BCUT2D eigenvalue weighted by atomic mass is 16.7. The van der Waals surface area contributed by atoms with E-state index in [0.717, 1.165) is 19.4 Å². The molecule has 2 aliphatic rings. The molecule has 5 nitrogen and oxygen atoms in total. The average Bonchev–Trinajstić information content (AvgIpc) is 3.53. The van der Waals surface area contributed by atoms with E-state index in [0.29, 0.717) is 32.7 Å². The van der Waals surface area contributed by atoms with Crippen LogP contribution < -0.4 is 0 Å². The van der Waals surface area contributed by atoms with Crippen LogP contribution in [0.3, 0.4) is 0 Å². The number of piperidine rings is 1. The number of likely N-dealkylation sites (tertiary alicyclic amines) is 1. The Hall–Kier alpha value is -3.41. The van der Waals surface area contributed by atoms with E-state index >= 15 is 0 Å². The van der Waals surface area contributed by atoms with Gasteiger partial charge in [-0.05, 0) is 22.8 Å². The molecule has 36 heavy (non-hydrogen) atoms. The second kappa shape index (κ2) is 9.92. The minimum Gasteiger partial charge on any atom is -0.347 e. The Bertz CT molecular complexity index is 1320. The molecule has 1 spiro atoms. The Morgan fingerprint density at radius 2 is 1.47 bits per heavy atom. The number of amides is 1. The molecule has 3 aromatic carbocycles. The van der Waals surface area contributed by atoms with Gasteiger partial charge in [0.1, 0.15) is 0 Å². The summed E-state index contributed by atoms with van der Waals surface area (Å²) in [6.07, 6.45) is 4.18. The van der Waals surface area contributed by atoms with Crippen molar-refractivity contribution in [2.75, 3.05) is 26.3 Å². The van der Waals surface area contributed by atoms with Crippen LogP contribution in [0.4, 0.5) is 0 Å². The quantitative estimate of drug-likeness (QED) is 0.362. The number of carbonyl (C=O) groups excluding carboxylic acids is 1. The maximum atomic E-state index is 13.6. The first-order chi connectivity index (χ1) is 17.7. The van der Waals surface area contributed by atoms with Crippen molar-refractivity contribution < 1.29 is 14.3 Å². The minimum atomic E-state index is -0.472. The molecule has 0 bridgehead atoms. The SMILES string of the molecule is O=C(CC(c1ccccc1)c1cn(Cc2ccccc2)c2ccccc12)N1CCC2(CC1)OCCO2. The number of nitrogens with zero attached hydrogens (tertiary/aromatic N) is 2. The third-order valence-electron chi connectivity index (χ3n) is 7.66. The Labute approximate surface area is 212 Å². The molecule has 2 fully saturated rings. The van der Waals surface area contributed by atoms with E-state index in [1.54, 1.807) is 0 Å². The third-order valence-corrected chi connectivity index (χ3v) is 7.66. The van der Waals surface area contributed by atoms with Gasteiger partial charge in [-0.2, -0.15) is 0 Å². The Morgan fingerprint density at radius 1 is 0.833 bits per heavy atom. The predicted molar refractivity (Wildman–Crippen MR) is 141 cm³/mol. The Kier molecular flexibility index (Phi) is 6.34. The second-order valence-electron chi connectivity index (χ2n) is 9.87. The van der Waals surface area contributed by atoms with Gasteiger partial charge in [0.05, 0.1) is 13.2 Å². The zero-order chi connectivity index (χ0) is 24.4. The van der Waals surface area contributed by atoms with Crippen LogP contribution in [0.15, 0.2) is 91.1 Å². The van der Waals surface area contributed by atoms with Crippen molar-refractivity contribution in [1.82, 2.24) is 9.47 Å². The van der Waals surface area contributed by atoms with Crippen LogP contribution in [0, 0.1) is 0 Å². The standard InChI is InChI=1S/C31H32N2O3/c34-30(32-17-15-31(16-18-32)35-19-20-36-31)21-27(25-11-5-2-6-12-25)28-23-33(22-24-9-3-1-4-10-24)29-14-8-7-13-26(28)29/h1-14,23,27H,15-22H2. The van der Waals surface area contributed by atoms with E-state index in [2.05, 4.69) is 83.6 Å².